The number of benzene rings is 2. The number of morpholine rings is 1. The average molecular weight is 591 g/mol. The molecule has 2 aromatic carbocycles. The first-order valence-electron chi connectivity index (χ1n) is 12.3. The molecule has 8 nitrogen and oxygen atoms in total. The van der Waals surface area contributed by atoms with Gasteiger partial charge in [-0.2, -0.15) is 4.31 Å². The summed E-state index contributed by atoms with van der Waals surface area (Å²) in [5.74, 6) is 0.353. The molecule has 2 heterocycles. The minimum atomic E-state index is -3.89. The minimum absolute atomic E-state index is 0.163. The summed E-state index contributed by atoms with van der Waals surface area (Å²) in [5, 5.41) is 0. The lowest BCUT2D eigenvalue weighted by Gasteiger charge is -2.29. The Morgan fingerprint density at radius 2 is 1.68 bits per heavy atom. The molecule has 0 atom stereocenters. The number of hydrogen-bond donors (Lipinski definition) is 0. The summed E-state index contributed by atoms with van der Waals surface area (Å²) in [6, 6.07) is 19.7. The van der Waals surface area contributed by atoms with Crippen molar-refractivity contribution in [3.63, 3.8) is 0 Å². The molecule has 1 fully saturated rings. The highest BCUT2D eigenvalue weighted by atomic mass is 79.9. The van der Waals surface area contributed by atoms with Crippen LogP contribution in [0.25, 0.3) is 0 Å². The second-order valence-corrected chi connectivity index (χ2v) is 11.8. The van der Waals surface area contributed by atoms with Gasteiger partial charge in [0.15, 0.2) is 0 Å². The number of carbonyl (C=O) groups is 1. The predicted octanol–water partition coefficient (Wildman–Crippen LogP) is 3.98. The van der Waals surface area contributed by atoms with Crippen LogP contribution < -0.4 is 0 Å². The fraction of sp³-hybridized carbons (Fsp3) is 0.370. The van der Waals surface area contributed by atoms with Gasteiger partial charge < -0.3 is 14.1 Å². The van der Waals surface area contributed by atoms with Crippen molar-refractivity contribution in [1.82, 2.24) is 14.1 Å². The Morgan fingerprint density at radius 1 is 0.946 bits per heavy atom. The Bertz CT molecular complexity index is 1210. The monoisotopic (exact) mass is 589 g/mol. The first kappa shape index (κ1) is 27.5. The molecule has 1 aliphatic heterocycles. The summed E-state index contributed by atoms with van der Waals surface area (Å²) < 4.78 is 40.3. The van der Waals surface area contributed by atoms with E-state index >= 15 is 0 Å². The molecule has 0 unspecified atom stereocenters. The lowest BCUT2D eigenvalue weighted by atomic mass is 10.2. The van der Waals surface area contributed by atoms with Crippen LogP contribution >= 0.6 is 15.9 Å². The van der Waals surface area contributed by atoms with Gasteiger partial charge in [-0.15, -0.1) is 0 Å². The standard InChI is InChI=1S/C27H32BrN3O5S/c28-24-9-11-26(12-10-24)37(33,34)31(14-5-13-29-15-18-35-19-16-29)22-27(32)30(21-25-8-4-17-36-25)20-23-6-2-1-3-7-23/h1-4,6-12,17H,5,13-16,18-22H2. The zero-order valence-corrected chi connectivity index (χ0v) is 23.1. The van der Waals surface area contributed by atoms with Crippen molar-refractivity contribution in [2.45, 2.75) is 24.4 Å². The normalized spacial score (nSPS) is 14.6. The van der Waals surface area contributed by atoms with E-state index in [0.29, 0.717) is 31.9 Å². The van der Waals surface area contributed by atoms with E-state index < -0.39 is 10.0 Å². The summed E-state index contributed by atoms with van der Waals surface area (Å²) >= 11 is 3.36. The van der Waals surface area contributed by atoms with Crippen LogP contribution in [0.15, 0.2) is 86.8 Å². The molecular formula is C27H32BrN3O5S. The van der Waals surface area contributed by atoms with Crippen molar-refractivity contribution in [3.8, 4) is 0 Å². The zero-order chi connectivity index (χ0) is 26.1. The molecule has 0 aliphatic carbocycles. The molecular weight excluding hydrogens is 558 g/mol. The van der Waals surface area contributed by atoms with E-state index in [1.807, 2.05) is 36.4 Å². The van der Waals surface area contributed by atoms with Crippen molar-refractivity contribution in [2.24, 2.45) is 0 Å². The summed E-state index contributed by atoms with van der Waals surface area (Å²) in [6.07, 6.45) is 2.18. The van der Waals surface area contributed by atoms with Gasteiger partial charge in [-0.3, -0.25) is 9.69 Å². The number of carbonyl (C=O) groups excluding carboxylic acids is 1. The first-order chi connectivity index (χ1) is 17.9. The van der Waals surface area contributed by atoms with Crippen molar-refractivity contribution in [3.05, 3.63) is 88.8 Å². The van der Waals surface area contributed by atoms with Crippen LogP contribution in [0.4, 0.5) is 0 Å². The van der Waals surface area contributed by atoms with Crippen LogP contribution in [-0.2, 0) is 32.6 Å². The van der Waals surface area contributed by atoms with Gasteiger partial charge in [-0.05, 0) is 54.9 Å². The maximum absolute atomic E-state index is 13.6. The molecule has 10 heteroatoms. The third kappa shape index (κ3) is 7.99. The minimum Gasteiger partial charge on any atom is -0.467 e. The van der Waals surface area contributed by atoms with E-state index in [9.17, 15) is 13.2 Å². The Kier molecular flexibility index (Phi) is 9.93. The summed E-state index contributed by atoms with van der Waals surface area (Å²) in [4.78, 5) is 17.7. The molecule has 1 amide bonds. The Balaban J connectivity index is 1.53. The lowest BCUT2D eigenvalue weighted by Crippen LogP contribution is -2.44. The maximum Gasteiger partial charge on any atom is 0.243 e. The Labute approximate surface area is 227 Å². The van der Waals surface area contributed by atoms with Gasteiger partial charge in [0.1, 0.15) is 5.76 Å². The number of hydrogen-bond acceptors (Lipinski definition) is 6. The SMILES string of the molecule is O=C(CN(CCCN1CCOCC1)S(=O)(=O)c1ccc(Br)cc1)N(Cc1ccccc1)Cc1ccco1. The summed E-state index contributed by atoms with van der Waals surface area (Å²) in [5.41, 5.74) is 0.956. The van der Waals surface area contributed by atoms with Gasteiger partial charge in [-0.1, -0.05) is 46.3 Å². The number of sulfonamides is 1. The van der Waals surface area contributed by atoms with Crippen molar-refractivity contribution in [1.29, 1.82) is 0 Å². The molecule has 37 heavy (non-hydrogen) atoms. The van der Waals surface area contributed by atoms with Crippen LogP contribution in [0.3, 0.4) is 0 Å². The zero-order valence-electron chi connectivity index (χ0n) is 20.7. The summed E-state index contributed by atoms with van der Waals surface area (Å²) in [7, 11) is -3.89. The van der Waals surface area contributed by atoms with Gasteiger partial charge in [0, 0.05) is 30.7 Å². The van der Waals surface area contributed by atoms with E-state index in [4.69, 9.17) is 9.15 Å². The van der Waals surface area contributed by atoms with Crippen LogP contribution in [0, 0.1) is 0 Å². The highest BCUT2D eigenvalue weighted by molar-refractivity contribution is 9.10. The van der Waals surface area contributed by atoms with Gasteiger partial charge in [0.2, 0.25) is 15.9 Å². The van der Waals surface area contributed by atoms with Crippen LogP contribution in [0.5, 0.6) is 0 Å². The molecule has 4 rings (SSSR count). The highest BCUT2D eigenvalue weighted by Crippen LogP contribution is 2.20. The molecule has 0 N–H and O–H groups in total. The fourth-order valence-electron chi connectivity index (χ4n) is 4.21. The Morgan fingerprint density at radius 3 is 2.35 bits per heavy atom. The fourth-order valence-corrected chi connectivity index (χ4v) is 5.91. The number of halogens is 1. The van der Waals surface area contributed by atoms with Crippen molar-refractivity contribution in [2.75, 3.05) is 45.9 Å². The molecule has 1 aromatic heterocycles. The largest absolute Gasteiger partial charge is 0.467 e. The average Bonchev–Trinajstić information content (AvgIpc) is 3.42. The topological polar surface area (TPSA) is 83.3 Å². The molecule has 1 saturated heterocycles. The van der Waals surface area contributed by atoms with Crippen molar-refractivity contribution < 1.29 is 22.4 Å². The number of nitrogens with zero attached hydrogens (tertiary/aromatic N) is 3. The smallest absolute Gasteiger partial charge is 0.243 e. The molecule has 0 spiro atoms. The van der Waals surface area contributed by atoms with E-state index in [-0.39, 0.29) is 30.4 Å². The first-order valence-corrected chi connectivity index (χ1v) is 14.5. The molecule has 0 bridgehead atoms. The van der Waals surface area contributed by atoms with E-state index in [2.05, 4.69) is 20.8 Å². The quantitative estimate of drug-likeness (QED) is 0.318. The second-order valence-electron chi connectivity index (χ2n) is 8.91. The molecule has 1 aliphatic rings. The van der Waals surface area contributed by atoms with Crippen LogP contribution in [0.2, 0.25) is 0 Å². The maximum atomic E-state index is 13.6. The summed E-state index contributed by atoms with van der Waals surface area (Å²) in [6.45, 7) is 4.33. The lowest BCUT2D eigenvalue weighted by molar-refractivity contribution is -0.133. The third-order valence-electron chi connectivity index (χ3n) is 6.24. The van der Waals surface area contributed by atoms with Gasteiger partial charge >= 0.3 is 0 Å². The number of amides is 1. The molecule has 3 aromatic rings. The number of rotatable bonds is 12. The van der Waals surface area contributed by atoms with E-state index in [1.54, 1.807) is 41.5 Å². The van der Waals surface area contributed by atoms with Crippen LogP contribution in [0.1, 0.15) is 17.7 Å². The van der Waals surface area contributed by atoms with Gasteiger partial charge in [0.25, 0.3) is 0 Å². The number of ether oxygens (including phenoxy) is 1. The third-order valence-corrected chi connectivity index (χ3v) is 8.63. The highest BCUT2D eigenvalue weighted by Gasteiger charge is 2.29. The van der Waals surface area contributed by atoms with Gasteiger partial charge in [-0.25, -0.2) is 8.42 Å². The van der Waals surface area contributed by atoms with Crippen molar-refractivity contribution >= 4 is 31.9 Å². The Hall–Kier alpha value is -2.50. The molecule has 0 radical (unpaired) electrons. The van der Waals surface area contributed by atoms with Gasteiger partial charge in [0.05, 0.1) is 37.5 Å². The number of furan rings is 1. The molecule has 198 valence electrons. The molecule has 0 saturated carbocycles. The van der Waals surface area contributed by atoms with Crippen LogP contribution in [-0.4, -0.2) is 74.4 Å². The van der Waals surface area contributed by atoms with E-state index in [1.165, 1.54) is 4.31 Å². The predicted molar refractivity (Wildman–Crippen MR) is 144 cm³/mol. The second kappa shape index (κ2) is 13.3. The van der Waals surface area contributed by atoms with E-state index in [0.717, 1.165) is 29.7 Å².